The summed E-state index contributed by atoms with van der Waals surface area (Å²) in [6, 6.07) is 12.2. The van der Waals surface area contributed by atoms with Gasteiger partial charge in [-0.2, -0.15) is 9.57 Å². The number of hydrogen-bond donors (Lipinski definition) is 0. The Bertz CT molecular complexity index is 1040. The first-order valence-electron chi connectivity index (χ1n) is 9.29. The van der Waals surface area contributed by atoms with Crippen molar-refractivity contribution in [3.8, 4) is 17.6 Å². The second-order valence-electron chi connectivity index (χ2n) is 6.85. The predicted octanol–water partition coefficient (Wildman–Crippen LogP) is 3.35. The highest BCUT2D eigenvalue weighted by atomic mass is 32.2. The number of sulfonamides is 1. The molecule has 1 atom stereocenters. The Morgan fingerprint density at radius 1 is 1.17 bits per heavy atom. The molecule has 0 aromatic heterocycles. The molecule has 0 saturated carbocycles. The molecule has 152 valence electrons. The van der Waals surface area contributed by atoms with Crippen LogP contribution in [0.1, 0.15) is 42.1 Å². The van der Waals surface area contributed by atoms with E-state index in [2.05, 4.69) is 0 Å². The van der Waals surface area contributed by atoms with Gasteiger partial charge in [-0.05, 0) is 62.2 Å². The van der Waals surface area contributed by atoms with Gasteiger partial charge in [-0.3, -0.25) is 0 Å². The zero-order chi connectivity index (χ0) is 21.0. The number of esters is 1. The maximum atomic E-state index is 13.2. The molecule has 0 aliphatic carbocycles. The van der Waals surface area contributed by atoms with Crippen LogP contribution in [0.5, 0.6) is 11.5 Å². The minimum Gasteiger partial charge on any atom is -0.495 e. The van der Waals surface area contributed by atoms with Crippen molar-refractivity contribution >= 4 is 16.0 Å². The van der Waals surface area contributed by atoms with Crippen LogP contribution in [-0.4, -0.2) is 38.4 Å². The first-order valence-corrected chi connectivity index (χ1v) is 10.7. The van der Waals surface area contributed by atoms with E-state index in [1.165, 1.54) is 53.9 Å². The number of carbonyl (C=O) groups excluding carboxylic acids is 1. The lowest BCUT2D eigenvalue weighted by atomic mass is 10.1. The van der Waals surface area contributed by atoms with Crippen LogP contribution >= 0.6 is 0 Å². The average molecular weight is 414 g/mol. The second-order valence-corrected chi connectivity index (χ2v) is 8.71. The van der Waals surface area contributed by atoms with Crippen LogP contribution in [-0.2, 0) is 10.0 Å². The van der Waals surface area contributed by atoms with Crippen molar-refractivity contribution in [1.82, 2.24) is 4.31 Å². The standard InChI is InChI=1S/C21H22N2O5S/c1-15-5-3-4-12-23(15)29(25,26)20-13-17(8-11-19(20)27-2)21(24)28-18-9-6-16(14-22)7-10-18/h6-11,13,15H,3-5,12H2,1-2H3/t15-/m0/s1. The topological polar surface area (TPSA) is 96.7 Å². The Morgan fingerprint density at radius 3 is 2.52 bits per heavy atom. The highest BCUT2D eigenvalue weighted by molar-refractivity contribution is 7.89. The van der Waals surface area contributed by atoms with E-state index >= 15 is 0 Å². The van der Waals surface area contributed by atoms with Crippen LogP contribution in [0.2, 0.25) is 0 Å². The number of benzene rings is 2. The molecule has 8 heteroatoms. The highest BCUT2D eigenvalue weighted by Gasteiger charge is 2.33. The van der Waals surface area contributed by atoms with Crippen LogP contribution in [0, 0.1) is 11.3 Å². The summed E-state index contributed by atoms with van der Waals surface area (Å²) in [5.74, 6) is -0.253. The summed E-state index contributed by atoms with van der Waals surface area (Å²) in [5, 5.41) is 8.84. The zero-order valence-electron chi connectivity index (χ0n) is 16.3. The molecule has 1 fully saturated rings. The Kier molecular flexibility index (Phi) is 6.20. The van der Waals surface area contributed by atoms with Gasteiger partial charge in [-0.25, -0.2) is 13.2 Å². The van der Waals surface area contributed by atoms with Gasteiger partial charge in [0.25, 0.3) is 0 Å². The van der Waals surface area contributed by atoms with E-state index in [4.69, 9.17) is 14.7 Å². The van der Waals surface area contributed by atoms with Crippen LogP contribution < -0.4 is 9.47 Å². The van der Waals surface area contributed by atoms with E-state index in [-0.39, 0.29) is 28.0 Å². The van der Waals surface area contributed by atoms with Gasteiger partial charge in [0.1, 0.15) is 16.4 Å². The molecule has 1 aliphatic heterocycles. The summed E-state index contributed by atoms with van der Waals surface area (Å²) < 4.78 is 38.5. The normalized spacial score (nSPS) is 17.3. The number of rotatable bonds is 5. The van der Waals surface area contributed by atoms with Gasteiger partial charge in [0.2, 0.25) is 10.0 Å². The first-order chi connectivity index (χ1) is 13.9. The molecule has 0 spiro atoms. The van der Waals surface area contributed by atoms with E-state index < -0.39 is 16.0 Å². The third-order valence-corrected chi connectivity index (χ3v) is 6.96. The molecule has 29 heavy (non-hydrogen) atoms. The number of methoxy groups -OCH3 is 1. The fourth-order valence-corrected chi connectivity index (χ4v) is 5.21. The van der Waals surface area contributed by atoms with Crippen LogP contribution in [0.25, 0.3) is 0 Å². The maximum absolute atomic E-state index is 13.2. The Balaban J connectivity index is 1.91. The van der Waals surface area contributed by atoms with E-state index in [9.17, 15) is 13.2 Å². The van der Waals surface area contributed by atoms with Gasteiger partial charge in [0.15, 0.2) is 0 Å². The van der Waals surface area contributed by atoms with E-state index in [1.54, 1.807) is 0 Å². The van der Waals surface area contributed by atoms with Crippen molar-refractivity contribution in [2.75, 3.05) is 13.7 Å². The third-order valence-electron chi connectivity index (χ3n) is 4.92. The van der Waals surface area contributed by atoms with Gasteiger partial charge in [-0.1, -0.05) is 6.42 Å². The molecule has 0 radical (unpaired) electrons. The molecule has 0 N–H and O–H groups in total. The van der Waals surface area contributed by atoms with Crippen molar-refractivity contribution in [1.29, 1.82) is 5.26 Å². The number of ether oxygens (including phenoxy) is 2. The Hall–Kier alpha value is -2.89. The van der Waals surface area contributed by atoms with Crippen LogP contribution in [0.3, 0.4) is 0 Å². The smallest absolute Gasteiger partial charge is 0.343 e. The number of hydrogen-bond acceptors (Lipinski definition) is 6. The molecule has 2 aromatic rings. The minimum atomic E-state index is -3.83. The molecule has 7 nitrogen and oxygen atoms in total. The molecule has 3 rings (SSSR count). The maximum Gasteiger partial charge on any atom is 0.343 e. The quantitative estimate of drug-likeness (QED) is 0.550. The summed E-state index contributed by atoms with van der Waals surface area (Å²) in [7, 11) is -2.44. The van der Waals surface area contributed by atoms with Crippen molar-refractivity contribution in [2.45, 2.75) is 37.1 Å². The van der Waals surface area contributed by atoms with Crippen molar-refractivity contribution in [2.24, 2.45) is 0 Å². The van der Waals surface area contributed by atoms with Gasteiger partial charge < -0.3 is 9.47 Å². The first kappa shape index (κ1) is 20.8. The molecular formula is C21H22N2O5S. The fourth-order valence-electron chi connectivity index (χ4n) is 3.32. The van der Waals surface area contributed by atoms with Crippen molar-refractivity contribution < 1.29 is 22.7 Å². The number of carbonyl (C=O) groups is 1. The molecule has 0 amide bonds. The second kappa shape index (κ2) is 8.64. The molecule has 0 bridgehead atoms. The largest absolute Gasteiger partial charge is 0.495 e. The highest BCUT2D eigenvalue weighted by Crippen LogP contribution is 2.32. The van der Waals surface area contributed by atoms with E-state index in [0.717, 1.165) is 19.3 Å². The molecule has 2 aromatic carbocycles. The van der Waals surface area contributed by atoms with Gasteiger partial charge in [-0.15, -0.1) is 0 Å². The van der Waals surface area contributed by atoms with Crippen LogP contribution in [0.15, 0.2) is 47.4 Å². The SMILES string of the molecule is COc1ccc(C(=O)Oc2ccc(C#N)cc2)cc1S(=O)(=O)N1CCCC[C@@H]1C. The lowest BCUT2D eigenvalue weighted by molar-refractivity contribution is 0.0734. The van der Waals surface area contributed by atoms with Crippen molar-refractivity contribution in [3.05, 3.63) is 53.6 Å². The number of nitriles is 1. The summed E-state index contributed by atoms with van der Waals surface area (Å²) >= 11 is 0. The fraction of sp³-hybridized carbons (Fsp3) is 0.333. The molecule has 0 unspecified atom stereocenters. The van der Waals surface area contributed by atoms with E-state index in [0.29, 0.717) is 12.1 Å². The van der Waals surface area contributed by atoms with Crippen LogP contribution in [0.4, 0.5) is 0 Å². The zero-order valence-corrected chi connectivity index (χ0v) is 17.1. The summed E-state index contributed by atoms with van der Waals surface area (Å²) in [6.45, 7) is 2.32. The minimum absolute atomic E-state index is 0.0528. The average Bonchev–Trinajstić information content (AvgIpc) is 2.74. The third kappa shape index (κ3) is 4.42. The monoisotopic (exact) mass is 414 g/mol. The Labute approximate surface area is 170 Å². The van der Waals surface area contributed by atoms with Crippen molar-refractivity contribution in [3.63, 3.8) is 0 Å². The number of piperidine rings is 1. The molecular weight excluding hydrogens is 392 g/mol. The van der Waals surface area contributed by atoms with Gasteiger partial charge in [0.05, 0.1) is 24.3 Å². The predicted molar refractivity (Wildman–Crippen MR) is 106 cm³/mol. The summed E-state index contributed by atoms with van der Waals surface area (Å²) in [5.41, 5.74) is 0.539. The summed E-state index contributed by atoms with van der Waals surface area (Å²) in [4.78, 5) is 12.5. The lowest BCUT2D eigenvalue weighted by Gasteiger charge is -2.32. The lowest BCUT2D eigenvalue weighted by Crippen LogP contribution is -2.42. The Morgan fingerprint density at radius 2 is 1.90 bits per heavy atom. The molecule has 1 aliphatic rings. The number of nitrogens with zero attached hydrogens (tertiary/aromatic N) is 2. The molecule has 1 heterocycles. The van der Waals surface area contributed by atoms with Gasteiger partial charge in [0, 0.05) is 12.6 Å². The summed E-state index contributed by atoms with van der Waals surface area (Å²) in [6.07, 6.45) is 2.58. The van der Waals surface area contributed by atoms with E-state index in [1.807, 2.05) is 13.0 Å². The van der Waals surface area contributed by atoms with Gasteiger partial charge >= 0.3 is 5.97 Å². The molecule has 1 saturated heterocycles.